The summed E-state index contributed by atoms with van der Waals surface area (Å²) in [7, 11) is 0. The van der Waals surface area contributed by atoms with Crippen molar-refractivity contribution in [2.45, 2.75) is 13.1 Å². The first-order chi connectivity index (χ1) is 13.5. The zero-order chi connectivity index (χ0) is 19.7. The third-order valence-electron chi connectivity index (χ3n) is 4.07. The molecular formula is C18H13Cl3N6O. The second-order valence-electron chi connectivity index (χ2n) is 6.01. The number of hydrogen-bond acceptors (Lipinski definition) is 4. The lowest BCUT2D eigenvalue weighted by atomic mass is 10.2. The number of carbonyl (C=O) groups is 1. The quantitative estimate of drug-likeness (QED) is 0.508. The first-order valence-electron chi connectivity index (χ1n) is 8.25. The van der Waals surface area contributed by atoms with Gasteiger partial charge in [-0.25, -0.2) is 4.68 Å². The lowest BCUT2D eigenvalue weighted by Gasteiger charge is -2.07. The highest BCUT2D eigenvalue weighted by Crippen LogP contribution is 2.27. The summed E-state index contributed by atoms with van der Waals surface area (Å²) in [6.07, 6.45) is 1.60. The molecule has 4 rings (SSSR count). The van der Waals surface area contributed by atoms with E-state index in [9.17, 15) is 4.79 Å². The zero-order valence-corrected chi connectivity index (χ0v) is 16.6. The molecule has 0 saturated heterocycles. The van der Waals surface area contributed by atoms with Crippen LogP contribution in [0.5, 0.6) is 0 Å². The van der Waals surface area contributed by atoms with E-state index in [1.54, 1.807) is 29.1 Å². The van der Waals surface area contributed by atoms with Gasteiger partial charge in [0.05, 0.1) is 12.1 Å². The summed E-state index contributed by atoms with van der Waals surface area (Å²) >= 11 is 18.6. The van der Waals surface area contributed by atoms with Gasteiger partial charge in [0.25, 0.3) is 0 Å². The van der Waals surface area contributed by atoms with Gasteiger partial charge in [0.1, 0.15) is 17.1 Å². The Morgan fingerprint density at radius 3 is 2.54 bits per heavy atom. The summed E-state index contributed by atoms with van der Waals surface area (Å²) in [4.78, 5) is 12.4. The van der Waals surface area contributed by atoms with Gasteiger partial charge in [-0.3, -0.25) is 9.48 Å². The van der Waals surface area contributed by atoms with E-state index in [0.29, 0.717) is 27.1 Å². The molecule has 2 heterocycles. The highest BCUT2D eigenvalue weighted by molar-refractivity contribution is 6.36. The number of nitrogens with one attached hydrogen (secondary N) is 1. The summed E-state index contributed by atoms with van der Waals surface area (Å²) in [5.41, 5.74) is 2.20. The predicted molar refractivity (Wildman–Crippen MR) is 109 cm³/mol. The van der Waals surface area contributed by atoms with Crippen LogP contribution in [0.2, 0.25) is 15.1 Å². The predicted octanol–water partition coefficient (Wildman–Crippen LogP) is 4.28. The van der Waals surface area contributed by atoms with Crippen molar-refractivity contribution in [1.29, 1.82) is 0 Å². The van der Waals surface area contributed by atoms with Crippen LogP contribution in [-0.2, 0) is 17.9 Å². The minimum absolute atomic E-state index is 0.0138. The molecule has 1 N–H and O–H groups in total. The molecule has 142 valence electrons. The molecule has 28 heavy (non-hydrogen) atoms. The molecule has 0 fully saturated rings. The number of carbonyl (C=O) groups excluding carboxylic acids is 1. The summed E-state index contributed by atoms with van der Waals surface area (Å²) < 4.78 is 3.08. The van der Waals surface area contributed by atoms with E-state index >= 15 is 0 Å². The molecule has 0 aliphatic rings. The van der Waals surface area contributed by atoms with Crippen molar-refractivity contribution < 1.29 is 4.79 Å². The smallest absolute Gasteiger partial charge is 0.247 e. The van der Waals surface area contributed by atoms with Gasteiger partial charge >= 0.3 is 0 Å². The first-order valence-corrected chi connectivity index (χ1v) is 9.38. The van der Waals surface area contributed by atoms with Gasteiger partial charge in [-0.05, 0) is 24.3 Å². The Kier molecular flexibility index (Phi) is 5.21. The monoisotopic (exact) mass is 434 g/mol. The summed E-state index contributed by atoms with van der Waals surface area (Å²) in [6, 6.07) is 12.7. The van der Waals surface area contributed by atoms with E-state index in [2.05, 4.69) is 20.7 Å². The van der Waals surface area contributed by atoms with E-state index in [1.165, 1.54) is 4.68 Å². The SMILES string of the molecule is O=C(Cn1nnc2ccccc21)Nc1nn(Cc2c(Cl)cccc2Cl)cc1Cl. The Labute approximate surface area is 174 Å². The molecule has 2 aromatic heterocycles. The number of nitrogens with zero attached hydrogens (tertiary/aromatic N) is 5. The maximum Gasteiger partial charge on any atom is 0.247 e. The Morgan fingerprint density at radius 2 is 1.75 bits per heavy atom. The van der Waals surface area contributed by atoms with Crippen LogP contribution < -0.4 is 5.32 Å². The number of amides is 1. The van der Waals surface area contributed by atoms with Gasteiger partial charge in [0, 0.05) is 21.8 Å². The van der Waals surface area contributed by atoms with Gasteiger partial charge < -0.3 is 5.32 Å². The van der Waals surface area contributed by atoms with E-state index in [1.807, 2.05) is 24.3 Å². The number of halogens is 3. The van der Waals surface area contributed by atoms with Crippen molar-refractivity contribution in [1.82, 2.24) is 24.8 Å². The average Bonchev–Trinajstić information content (AvgIpc) is 3.22. The van der Waals surface area contributed by atoms with Crippen molar-refractivity contribution in [3.05, 3.63) is 69.3 Å². The summed E-state index contributed by atoms with van der Waals surface area (Å²) in [6.45, 7) is 0.307. The number of aromatic nitrogens is 5. The van der Waals surface area contributed by atoms with Gasteiger partial charge in [0.2, 0.25) is 5.91 Å². The van der Waals surface area contributed by atoms with Crippen LogP contribution >= 0.6 is 34.8 Å². The Bertz CT molecular complexity index is 1150. The molecule has 0 aliphatic carbocycles. The summed E-state index contributed by atoms with van der Waals surface area (Å²) in [5, 5.41) is 16.4. The molecule has 0 spiro atoms. The number of rotatable bonds is 5. The molecular weight excluding hydrogens is 423 g/mol. The highest BCUT2D eigenvalue weighted by Gasteiger charge is 2.14. The molecule has 0 aliphatic heterocycles. The Morgan fingerprint density at radius 1 is 1.00 bits per heavy atom. The van der Waals surface area contributed by atoms with E-state index in [4.69, 9.17) is 34.8 Å². The van der Waals surface area contributed by atoms with Crippen molar-refractivity contribution in [2.75, 3.05) is 5.32 Å². The maximum absolute atomic E-state index is 12.4. The van der Waals surface area contributed by atoms with E-state index in [0.717, 1.165) is 11.1 Å². The number of para-hydroxylation sites is 1. The third kappa shape index (κ3) is 3.82. The average molecular weight is 436 g/mol. The van der Waals surface area contributed by atoms with Crippen LogP contribution in [-0.4, -0.2) is 30.7 Å². The summed E-state index contributed by atoms with van der Waals surface area (Å²) in [5.74, 6) is -0.0714. The fraction of sp³-hybridized carbons (Fsp3) is 0.111. The van der Waals surface area contributed by atoms with Crippen molar-refractivity contribution in [3.8, 4) is 0 Å². The largest absolute Gasteiger partial charge is 0.306 e. The van der Waals surface area contributed by atoms with E-state index < -0.39 is 0 Å². The molecule has 1 amide bonds. The number of fused-ring (bicyclic) bond motifs is 1. The van der Waals surface area contributed by atoms with Crippen molar-refractivity contribution in [2.24, 2.45) is 0 Å². The van der Waals surface area contributed by atoms with Crippen LogP contribution in [0.15, 0.2) is 48.7 Å². The number of benzene rings is 2. The highest BCUT2D eigenvalue weighted by atomic mass is 35.5. The lowest BCUT2D eigenvalue weighted by Crippen LogP contribution is -2.20. The minimum atomic E-state index is -0.321. The fourth-order valence-corrected chi connectivity index (χ4v) is 3.46. The molecule has 4 aromatic rings. The molecule has 0 saturated carbocycles. The molecule has 10 heteroatoms. The number of anilines is 1. The molecule has 7 nitrogen and oxygen atoms in total. The molecule has 2 aromatic carbocycles. The van der Waals surface area contributed by atoms with Crippen LogP contribution in [0.3, 0.4) is 0 Å². The zero-order valence-electron chi connectivity index (χ0n) is 14.3. The van der Waals surface area contributed by atoms with Crippen LogP contribution in [0.1, 0.15) is 5.56 Å². The second-order valence-corrected chi connectivity index (χ2v) is 7.23. The molecule has 0 unspecified atom stereocenters. The lowest BCUT2D eigenvalue weighted by molar-refractivity contribution is -0.116. The van der Waals surface area contributed by atoms with Gasteiger partial charge in [-0.15, -0.1) is 5.10 Å². The normalized spacial score (nSPS) is 11.1. The minimum Gasteiger partial charge on any atom is -0.306 e. The standard InChI is InChI=1S/C18H13Cl3N6O/c19-12-4-3-5-13(20)11(12)8-26-9-14(21)18(24-26)22-17(28)10-27-16-7-2-1-6-15(16)23-25-27/h1-7,9H,8,10H2,(H,22,24,28). The van der Waals surface area contributed by atoms with Crippen molar-refractivity contribution in [3.63, 3.8) is 0 Å². The van der Waals surface area contributed by atoms with Gasteiger partial charge in [-0.2, -0.15) is 5.10 Å². The third-order valence-corrected chi connectivity index (χ3v) is 5.06. The van der Waals surface area contributed by atoms with Crippen LogP contribution in [0.25, 0.3) is 11.0 Å². The molecule has 0 atom stereocenters. The Hall–Kier alpha value is -2.61. The number of hydrogen-bond donors (Lipinski definition) is 1. The van der Waals surface area contributed by atoms with Crippen LogP contribution in [0, 0.1) is 0 Å². The second kappa shape index (κ2) is 7.79. The maximum atomic E-state index is 12.4. The van der Waals surface area contributed by atoms with Crippen LogP contribution in [0.4, 0.5) is 5.82 Å². The first kappa shape index (κ1) is 18.7. The molecule has 0 bridgehead atoms. The fourth-order valence-electron chi connectivity index (χ4n) is 2.75. The van der Waals surface area contributed by atoms with Gasteiger partial charge in [-0.1, -0.05) is 58.2 Å². The topological polar surface area (TPSA) is 77.6 Å². The van der Waals surface area contributed by atoms with Gasteiger partial charge in [0.15, 0.2) is 5.82 Å². The Balaban J connectivity index is 1.49. The molecule has 0 radical (unpaired) electrons. The van der Waals surface area contributed by atoms with Crippen molar-refractivity contribution >= 4 is 57.6 Å². The van der Waals surface area contributed by atoms with E-state index in [-0.39, 0.29) is 18.3 Å².